The quantitative estimate of drug-likeness (QED) is 0.664. The first-order valence-corrected chi connectivity index (χ1v) is 10.0. The molecule has 1 amide bonds. The smallest absolute Gasteiger partial charge is 0.272 e. The van der Waals surface area contributed by atoms with Gasteiger partial charge in [0.15, 0.2) is 0 Å². The average molecular weight is 408 g/mol. The van der Waals surface area contributed by atoms with Crippen LogP contribution in [0, 0.1) is 5.82 Å². The van der Waals surface area contributed by atoms with Gasteiger partial charge in [0, 0.05) is 58.1 Å². The minimum absolute atomic E-state index is 0.0232. The van der Waals surface area contributed by atoms with Gasteiger partial charge < -0.3 is 9.80 Å². The van der Waals surface area contributed by atoms with Crippen LogP contribution in [0.2, 0.25) is 0 Å². The Labute approximate surface area is 175 Å². The summed E-state index contributed by atoms with van der Waals surface area (Å²) in [5.74, 6) is 0.380. The van der Waals surface area contributed by atoms with Crippen LogP contribution in [0.4, 0.5) is 10.3 Å². The first-order chi connectivity index (χ1) is 14.4. The lowest BCUT2D eigenvalue weighted by atomic mass is 9.89. The Morgan fingerprint density at radius 2 is 1.97 bits per heavy atom. The molecule has 1 saturated heterocycles. The second-order valence-electron chi connectivity index (χ2n) is 7.80. The summed E-state index contributed by atoms with van der Waals surface area (Å²) in [5.41, 5.74) is 3.21. The summed E-state index contributed by atoms with van der Waals surface area (Å²) in [6, 6.07) is 8.11. The maximum Gasteiger partial charge on any atom is 0.272 e. The molecule has 8 heteroatoms. The Bertz CT molecular complexity index is 1050. The fourth-order valence-corrected chi connectivity index (χ4v) is 3.89. The third-order valence-electron chi connectivity index (χ3n) is 5.50. The number of nitrogens with zero attached hydrogens (tertiary/aromatic N) is 6. The van der Waals surface area contributed by atoms with Crippen molar-refractivity contribution in [1.29, 1.82) is 0 Å². The molecule has 3 heterocycles. The van der Waals surface area contributed by atoms with E-state index in [0.717, 1.165) is 29.7 Å². The number of aryl methyl sites for hydroxylation is 1. The van der Waals surface area contributed by atoms with Crippen LogP contribution < -0.4 is 4.90 Å². The Hall–Kier alpha value is -3.29. The van der Waals surface area contributed by atoms with E-state index in [-0.39, 0.29) is 17.6 Å². The Morgan fingerprint density at radius 3 is 2.63 bits per heavy atom. The molecule has 2 aromatic heterocycles. The van der Waals surface area contributed by atoms with E-state index in [1.165, 1.54) is 12.1 Å². The van der Waals surface area contributed by atoms with Crippen molar-refractivity contribution >= 4 is 11.9 Å². The van der Waals surface area contributed by atoms with Gasteiger partial charge in [-0.05, 0) is 36.6 Å². The Balaban J connectivity index is 1.69. The molecule has 30 heavy (non-hydrogen) atoms. The number of piperidine rings is 1. The second kappa shape index (κ2) is 8.22. The highest BCUT2D eigenvalue weighted by molar-refractivity contribution is 5.92. The first kappa shape index (κ1) is 20.0. The van der Waals surface area contributed by atoms with Crippen LogP contribution in [-0.2, 0) is 7.05 Å². The van der Waals surface area contributed by atoms with Crippen LogP contribution in [0.15, 0.2) is 42.7 Å². The molecule has 3 aromatic rings. The monoisotopic (exact) mass is 408 g/mol. The predicted octanol–water partition coefficient (Wildman–Crippen LogP) is 3.10. The number of hydrogen-bond acceptors (Lipinski definition) is 5. The topological polar surface area (TPSA) is 67.2 Å². The molecule has 156 valence electrons. The van der Waals surface area contributed by atoms with Gasteiger partial charge in [-0.1, -0.05) is 12.1 Å². The third-order valence-corrected chi connectivity index (χ3v) is 5.50. The molecule has 1 fully saturated rings. The highest BCUT2D eigenvalue weighted by Crippen LogP contribution is 2.34. The van der Waals surface area contributed by atoms with Crippen molar-refractivity contribution in [2.24, 2.45) is 7.05 Å². The van der Waals surface area contributed by atoms with Crippen LogP contribution >= 0.6 is 0 Å². The standard InChI is InChI=1S/C22H25FN6O/c1-27(2)22-24-13-18(15-6-8-17(23)9-7-15)20(26-22)16-5-4-12-29(14-16)21(30)19-10-11-25-28(19)3/h6-11,13,16H,4-5,12,14H2,1-3H3/t16-/m1/s1. The molecule has 0 saturated carbocycles. The molecule has 4 rings (SSSR count). The molecule has 0 N–H and O–H groups in total. The maximum atomic E-state index is 13.4. The maximum absolute atomic E-state index is 13.4. The molecule has 0 spiro atoms. The fraction of sp³-hybridized carbons (Fsp3) is 0.364. The lowest BCUT2D eigenvalue weighted by Gasteiger charge is -2.33. The SMILES string of the molecule is CN(C)c1ncc(-c2ccc(F)cc2)c([C@@H]2CCCN(C(=O)c3ccnn3C)C2)n1. The van der Waals surface area contributed by atoms with Gasteiger partial charge in [-0.15, -0.1) is 0 Å². The van der Waals surface area contributed by atoms with Crippen LogP contribution in [-0.4, -0.2) is 57.7 Å². The summed E-state index contributed by atoms with van der Waals surface area (Å²) in [6.07, 6.45) is 5.24. The summed E-state index contributed by atoms with van der Waals surface area (Å²) in [6.45, 7) is 1.28. The predicted molar refractivity (Wildman–Crippen MR) is 113 cm³/mol. The number of hydrogen-bond donors (Lipinski definition) is 0. The number of carbonyl (C=O) groups excluding carboxylic acids is 1. The summed E-state index contributed by atoms with van der Waals surface area (Å²) in [5, 5.41) is 4.11. The van der Waals surface area contributed by atoms with Crippen molar-refractivity contribution in [3.63, 3.8) is 0 Å². The van der Waals surface area contributed by atoms with Gasteiger partial charge in [0.2, 0.25) is 5.95 Å². The normalized spacial score (nSPS) is 16.5. The minimum Gasteiger partial charge on any atom is -0.347 e. The molecular formula is C22H25FN6O. The van der Waals surface area contributed by atoms with E-state index < -0.39 is 0 Å². The zero-order chi connectivity index (χ0) is 21.3. The number of benzene rings is 1. The van der Waals surface area contributed by atoms with Gasteiger partial charge in [-0.3, -0.25) is 9.48 Å². The number of rotatable bonds is 4. The van der Waals surface area contributed by atoms with E-state index in [0.29, 0.717) is 24.7 Å². The molecule has 1 aromatic carbocycles. The van der Waals surface area contributed by atoms with E-state index in [9.17, 15) is 9.18 Å². The lowest BCUT2D eigenvalue weighted by Crippen LogP contribution is -2.40. The second-order valence-corrected chi connectivity index (χ2v) is 7.80. The van der Waals surface area contributed by atoms with Crippen molar-refractivity contribution in [3.05, 3.63) is 59.9 Å². The molecule has 1 aliphatic rings. The van der Waals surface area contributed by atoms with Gasteiger partial charge in [0.1, 0.15) is 11.5 Å². The molecule has 1 aliphatic heterocycles. The number of aromatic nitrogens is 4. The number of carbonyl (C=O) groups is 1. The van der Waals surface area contributed by atoms with Crippen molar-refractivity contribution in [2.75, 3.05) is 32.1 Å². The van der Waals surface area contributed by atoms with Crippen LogP contribution in [0.25, 0.3) is 11.1 Å². The van der Waals surface area contributed by atoms with E-state index >= 15 is 0 Å². The highest BCUT2D eigenvalue weighted by Gasteiger charge is 2.29. The Morgan fingerprint density at radius 1 is 1.20 bits per heavy atom. The van der Waals surface area contributed by atoms with Gasteiger partial charge in [-0.25, -0.2) is 14.4 Å². The summed E-state index contributed by atoms with van der Waals surface area (Å²) >= 11 is 0. The molecule has 0 bridgehead atoms. The fourth-order valence-electron chi connectivity index (χ4n) is 3.89. The zero-order valence-electron chi connectivity index (χ0n) is 17.4. The number of anilines is 1. The number of halogens is 1. The molecule has 0 unspecified atom stereocenters. The van der Waals surface area contributed by atoms with E-state index in [4.69, 9.17) is 4.98 Å². The largest absolute Gasteiger partial charge is 0.347 e. The third kappa shape index (κ3) is 3.90. The van der Waals surface area contributed by atoms with Gasteiger partial charge >= 0.3 is 0 Å². The summed E-state index contributed by atoms with van der Waals surface area (Å²) in [4.78, 5) is 26.0. The number of amides is 1. The molecular weight excluding hydrogens is 383 g/mol. The van der Waals surface area contributed by atoms with Crippen LogP contribution in [0.5, 0.6) is 0 Å². The van der Waals surface area contributed by atoms with E-state index in [1.807, 2.05) is 23.9 Å². The van der Waals surface area contributed by atoms with Crippen molar-refractivity contribution in [2.45, 2.75) is 18.8 Å². The molecule has 1 atom stereocenters. The van der Waals surface area contributed by atoms with Gasteiger partial charge in [0.05, 0.1) is 5.69 Å². The molecule has 0 aliphatic carbocycles. The van der Waals surface area contributed by atoms with E-state index in [1.54, 1.807) is 42.3 Å². The van der Waals surface area contributed by atoms with E-state index in [2.05, 4.69) is 10.1 Å². The average Bonchev–Trinajstić information content (AvgIpc) is 3.19. The zero-order valence-corrected chi connectivity index (χ0v) is 17.4. The first-order valence-electron chi connectivity index (χ1n) is 10.0. The van der Waals surface area contributed by atoms with Crippen molar-refractivity contribution < 1.29 is 9.18 Å². The Kier molecular flexibility index (Phi) is 5.48. The van der Waals surface area contributed by atoms with Gasteiger partial charge in [0.25, 0.3) is 5.91 Å². The summed E-state index contributed by atoms with van der Waals surface area (Å²) < 4.78 is 15.0. The van der Waals surface area contributed by atoms with Crippen LogP contribution in [0.1, 0.15) is 34.9 Å². The highest BCUT2D eigenvalue weighted by atomic mass is 19.1. The van der Waals surface area contributed by atoms with Crippen molar-refractivity contribution in [3.8, 4) is 11.1 Å². The molecule has 7 nitrogen and oxygen atoms in total. The molecule has 0 radical (unpaired) electrons. The van der Waals surface area contributed by atoms with Crippen molar-refractivity contribution in [1.82, 2.24) is 24.6 Å². The summed E-state index contributed by atoms with van der Waals surface area (Å²) in [7, 11) is 5.57. The lowest BCUT2D eigenvalue weighted by molar-refractivity contribution is 0.0695. The van der Waals surface area contributed by atoms with Crippen LogP contribution in [0.3, 0.4) is 0 Å². The minimum atomic E-state index is -0.281. The number of likely N-dealkylation sites (tertiary alicyclic amines) is 1. The van der Waals surface area contributed by atoms with Gasteiger partial charge in [-0.2, -0.15) is 5.10 Å².